The lowest BCUT2D eigenvalue weighted by atomic mass is 10.1. The Balaban J connectivity index is 1.54. The molecule has 3 amide bonds. The molecule has 3 aromatic carbocycles. The van der Waals surface area contributed by atoms with Gasteiger partial charge in [0.05, 0.1) is 17.1 Å². The number of amides is 3. The van der Waals surface area contributed by atoms with E-state index in [2.05, 4.69) is 10.6 Å². The van der Waals surface area contributed by atoms with Crippen molar-refractivity contribution in [2.75, 3.05) is 21.3 Å². The molecule has 4 rings (SSSR count). The maximum absolute atomic E-state index is 14.3. The molecule has 2 N–H and O–H groups in total. The van der Waals surface area contributed by atoms with E-state index in [1.54, 1.807) is 42.5 Å². The highest BCUT2D eigenvalue weighted by Gasteiger charge is 2.35. The second-order valence-corrected chi connectivity index (χ2v) is 7.63. The van der Waals surface area contributed by atoms with Gasteiger partial charge in [0, 0.05) is 5.69 Å². The summed E-state index contributed by atoms with van der Waals surface area (Å²) in [5.41, 5.74) is 1.48. The van der Waals surface area contributed by atoms with E-state index in [0.717, 1.165) is 5.56 Å². The molecule has 0 unspecified atom stereocenters. The van der Waals surface area contributed by atoms with Crippen LogP contribution in [0.4, 0.5) is 30.6 Å². The normalized spacial score (nSPS) is 15.9. The standard InChI is InChI=1S/C22H17F2N3O2S/c23-16-8-1-3-10-18(16)26-22(29)25-15-7-5-6-14(12-15)21-27(20(28)13-30-21)19-11-4-2-9-17(19)24/h1-12,21H,13H2,(H2,25,26,29)/t21-/m0/s1. The van der Waals surface area contributed by atoms with E-state index in [1.807, 2.05) is 6.07 Å². The second kappa shape index (κ2) is 8.54. The third kappa shape index (κ3) is 4.13. The van der Waals surface area contributed by atoms with Gasteiger partial charge in [0.15, 0.2) is 0 Å². The number of benzene rings is 3. The molecule has 1 saturated heterocycles. The molecule has 1 aliphatic heterocycles. The number of carbonyl (C=O) groups is 2. The van der Waals surface area contributed by atoms with Crippen LogP contribution in [-0.4, -0.2) is 17.7 Å². The lowest BCUT2D eigenvalue weighted by Gasteiger charge is -2.25. The van der Waals surface area contributed by atoms with Crippen molar-refractivity contribution in [1.82, 2.24) is 0 Å². The largest absolute Gasteiger partial charge is 0.323 e. The van der Waals surface area contributed by atoms with Crippen molar-refractivity contribution in [3.8, 4) is 0 Å². The Labute approximate surface area is 176 Å². The predicted molar refractivity (Wildman–Crippen MR) is 115 cm³/mol. The number of hydrogen-bond donors (Lipinski definition) is 2. The quantitative estimate of drug-likeness (QED) is 0.589. The molecule has 30 heavy (non-hydrogen) atoms. The molecule has 0 radical (unpaired) electrons. The molecule has 0 saturated carbocycles. The molecule has 0 spiro atoms. The lowest BCUT2D eigenvalue weighted by molar-refractivity contribution is -0.115. The molecule has 3 aromatic rings. The summed E-state index contributed by atoms with van der Waals surface area (Å²) in [4.78, 5) is 26.1. The Morgan fingerprint density at radius 3 is 2.43 bits per heavy atom. The van der Waals surface area contributed by atoms with Crippen molar-refractivity contribution in [2.24, 2.45) is 0 Å². The van der Waals surface area contributed by atoms with Gasteiger partial charge in [0.1, 0.15) is 17.0 Å². The van der Waals surface area contributed by atoms with E-state index in [1.165, 1.54) is 40.9 Å². The van der Waals surface area contributed by atoms with Crippen molar-refractivity contribution >= 4 is 40.8 Å². The Morgan fingerprint density at radius 2 is 1.67 bits per heavy atom. The van der Waals surface area contributed by atoms with E-state index in [0.29, 0.717) is 5.69 Å². The van der Waals surface area contributed by atoms with E-state index < -0.39 is 23.0 Å². The maximum Gasteiger partial charge on any atom is 0.323 e. The van der Waals surface area contributed by atoms with Crippen molar-refractivity contribution in [3.05, 3.63) is 90.0 Å². The fourth-order valence-electron chi connectivity index (χ4n) is 3.20. The van der Waals surface area contributed by atoms with E-state index >= 15 is 0 Å². The average Bonchev–Trinajstić information content (AvgIpc) is 3.11. The maximum atomic E-state index is 14.3. The Bertz CT molecular complexity index is 1110. The highest BCUT2D eigenvalue weighted by Crippen LogP contribution is 2.42. The first kappa shape index (κ1) is 19.9. The van der Waals surface area contributed by atoms with E-state index in [4.69, 9.17) is 0 Å². The second-order valence-electron chi connectivity index (χ2n) is 6.56. The van der Waals surface area contributed by atoms with Gasteiger partial charge in [-0.05, 0) is 42.0 Å². The van der Waals surface area contributed by atoms with Gasteiger partial charge in [0.25, 0.3) is 0 Å². The number of para-hydroxylation sites is 2. The average molecular weight is 425 g/mol. The number of thioether (sulfide) groups is 1. The zero-order valence-corrected chi connectivity index (χ0v) is 16.5. The summed E-state index contributed by atoms with van der Waals surface area (Å²) >= 11 is 1.38. The molecule has 5 nitrogen and oxygen atoms in total. The van der Waals surface area contributed by atoms with Crippen LogP contribution in [0.1, 0.15) is 10.9 Å². The number of rotatable bonds is 4. The van der Waals surface area contributed by atoms with E-state index in [-0.39, 0.29) is 23.0 Å². The van der Waals surface area contributed by atoms with Crippen molar-refractivity contribution in [3.63, 3.8) is 0 Å². The van der Waals surface area contributed by atoms with Gasteiger partial charge in [-0.1, -0.05) is 36.4 Å². The van der Waals surface area contributed by atoms with Crippen LogP contribution in [0.2, 0.25) is 0 Å². The molecule has 152 valence electrons. The number of nitrogens with zero attached hydrogens (tertiary/aromatic N) is 1. The molecule has 1 atom stereocenters. The zero-order valence-electron chi connectivity index (χ0n) is 15.6. The van der Waals surface area contributed by atoms with Gasteiger partial charge in [-0.25, -0.2) is 13.6 Å². The third-order valence-electron chi connectivity index (χ3n) is 4.53. The van der Waals surface area contributed by atoms with Crippen molar-refractivity contribution in [2.45, 2.75) is 5.37 Å². The molecular formula is C22H17F2N3O2S. The van der Waals surface area contributed by atoms with Crippen LogP contribution in [-0.2, 0) is 4.79 Å². The lowest BCUT2D eigenvalue weighted by Crippen LogP contribution is -2.28. The first-order valence-electron chi connectivity index (χ1n) is 9.13. The van der Waals surface area contributed by atoms with Crippen LogP contribution in [0.25, 0.3) is 0 Å². The van der Waals surface area contributed by atoms with Crippen LogP contribution in [0.15, 0.2) is 72.8 Å². The molecule has 1 aliphatic rings. The number of carbonyl (C=O) groups excluding carboxylic acids is 2. The topological polar surface area (TPSA) is 61.4 Å². The minimum Gasteiger partial charge on any atom is -0.308 e. The van der Waals surface area contributed by atoms with Crippen LogP contribution in [0.3, 0.4) is 0 Å². The minimum atomic E-state index is -0.599. The molecule has 8 heteroatoms. The van der Waals surface area contributed by atoms with Crippen LogP contribution in [0, 0.1) is 11.6 Å². The molecule has 0 bridgehead atoms. The number of nitrogens with one attached hydrogen (secondary N) is 2. The summed E-state index contributed by atoms with van der Waals surface area (Å²) in [6, 6.07) is 18.3. The van der Waals surface area contributed by atoms with Crippen molar-refractivity contribution < 1.29 is 18.4 Å². The van der Waals surface area contributed by atoms with Crippen LogP contribution >= 0.6 is 11.8 Å². The molecular weight excluding hydrogens is 408 g/mol. The highest BCUT2D eigenvalue weighted by atomic mass is 32.2. The predicted octanol–water partition coefficient (Wildman–Crippen LogP) is 5.39. The minimum absolute atomic E-state index is 0.0637. The van der Waals surface area contributed by atoms with Gasteiger partial charge >= 0.3 is 6.03 Å². The van der Waals surface area contributed by atoms with Gasteiger partial charge in [-0.2, -0.15) is 0 Å². The molecule has 1 fully saturated rings. The summed E-state index contributed by atoms with van der Waals surface area (Å²) in [6.45, 7) is 0. The summed E-state index contributed by atoms with van der Waals surface area (Å²) < 4.78 is 28.0. The van der Waals surface area contributed by atoms with E-state index in [9.17, 15) is 18.4 Å². The zero-order chi connectivity index (χ0) is 21.1. The summed E-state index contributed by atoms with van der Waals surface area (Å²) in [6.07, 6.45) is 0. The number of halogens is 2. The van der Waals surface area contributed by atoms with Gasteiger partial charge in [-0.15, -0.1) is 11.8 Å². The molecule has 1 heterocycles. The Kier molecular flexibility index (Phi) is 5.67. The SMILES string of the molecule is O=C(Nc1cccc([C@@H]2SCC(=O)N2c2ccccc2F)c1)Nc1ccccc1F. The third-order valence-corrected chi connectivity index (χ3v) is 5.74. The van der Waals surface area contributed by atoms with Crippen LogP contribution in [0.5, 0.6) is 0 Å². The summed E-state index contributed by atoms with van der Waals surface area (Å²) in [5.74, 6) is -0.977. The molecule has 0 aromatic heterocycles. The first-order chi connectivity index (χ1) is 14.5. The van der Waals surface area contributed by atoms with Crippen LogP contribution < -0.4 is 15.5 Å². The number of hydrogen-bond acceptors (Lipinski definition) is 3. The van der Waals surface area contributed by atoms with Gasteiger partial charge in [-0.3, -0.25) is 9.69 Å². The summed E-state index contributed by atoms with van der Waals surface area (Å²) in [5, 5.41) is 4.68. The highest BCUT2D eigenvalue weighted by molar-refractivity contribution is 8.00. The number of urea groups is 1. The molecule has 0 aliphatic carbocycles. The fourth-order valence-corrected chi connectivity index (χ4v) is 4.35. The fraction of sp³-hybridized carbons (Fsp3) is 0.0909. The first-order valence-corrected chi connectivity index (χ1v) is 10.2. The van der Waals surface area contributed by atoms with Crippen molar-refractivity contribution in [1.29, 1.82) is 0 Å². The summed E-state index contributed by atoms with van der Waals surface area (Å²) in [7, 11) is 0. The Morgan fingerprint density at radius 1 is 0.933 bits per heavy atom. The smallest absolute Gasteiger partial charge is 0.308 e. The number of anilines is 3. The van der Waals surface area contributed by atoms with Gasteiger partial charge < -0.3 is 10.6 Å². The monoisotopic (exact) mass is 425 g/mol. The van der Waals surface area contributed by atoms with Gasteiger partial charge in [0.2, 0.25) is 5.91 Å². The Hall–Kier alpha value is -3.39.